The van der Waals surface area contributed by atoms with Gasteiger partial charge in [-0.3, -0.25) is 19.1 Å². The van der Waals surface area contributed by atoms with Crippen LogP contribution in [0.3, 0.4) is 0 Å². The van der Waals surface area contributed by atoms with Crippen molar-refractivity contribution in [2.24, 2.45) is 24.8 Å². The van der Waals surface area contributed by atoms with Crippen LogP contribution < -0.4 is 10.6 Å². The number of amides is 3. The molecule has 0 radical (unpaired) electrons. The summed E-state index contributed by atoms with van der Waals surface area (Å²) in [4.78, 5) is 46.8. The third-order valence-corrected chi connectivity index (χ3v) is 8.95. The first-order valence-corrected chi connectivity index (χ1v) is 14.9. The molecule has 2 N–H and O–H groups in total. The molecule has 3 amide bonds. The number of hydrogen-bond donors (Lipinski definition) is 2. The Labute approximate surface area is 274 Å². The molecule has 3 fully saturated rings. The molecule has 1 saturated carbocycles. The van der Waals surface area contributed by atoms with Crippen molar-refractivity contribution in [3.8, 4) is 11.3 Å². The SMILES string of the molecule is C=C(C)Cn1cc(-c2cnc(C(=O)Nc3ccc(C(=O)N4CCN(C(=O)C5[C@H]6CNC[C@@H]56)CC4)c(Cl)c3)n2C)c(C(F)(F)F)n1.Cl. The topological polar surface area (TPSA) is 117 Å². The fraction of sp³-hybridized carbons (Fsp3) is 0.433. The average molecular weight is 682 g/mol. The fourth-order valence-corrected chi connectivity index (χ4v) is 6.56. The number of carbonyl (C=O) groups excluding carboxylic acids is 3. The van der Waals surface area contributed by atoms with Crippen LogP contribution in [0.2, 0.25) is 5.02 Å². The van der Waals surface area contributed by atoms with Gasteiger partial charge >= 0.3 is 6.18 Å². The smallest absolute Gasteiger partial charge is 0.339 e. The van der Waals surface area contributed by atoms with Crippen LogP contribution >= 0.6 is 24.0 Å². The molecule has 0 spiro atoms. The number of hydrogen-bond acceptors (Lipinski definition) is 6. The Balaban J connectivity index is 0.00000417. The highest BCUT2D eigenvalue weighted by atomic mass is 35.5. The second-order valence-corrected chi connectivity index (χ2v) is 12.3. The number of imidazole rings is 1. The molecular formula is C30H33Cl2F3N8O3. The van der Waals surface area contributed by atoms with Gasteiger partial charge in [-0.25, -0.2) is 4.98 Å². The normalized spacial score (nSPS) is 20.6. The first-order valence-electron chi connectivity index (χ1n) is 14.5. The van der Waals surface area contributed by atoms with Crippen LogP contribution in [-0.4, -0.2) is 86.1 Å². The van der Waals surface area contributed by atoms with Crippen LogP contribution in [0, 0.1) is 17.8 Å². The van der Waals surface area contributed by atoms with Crippen molar-refractivity contribution in [3.05, 3.63) is 64.8 Å². The molecule has 246 valence electrons. The maximum atomic E-state index is 13.8. The third-order valence-electron chi connectivity index (χ3n) is 8.64. The lowest BCUT2D eigenvalue weighted by Gasteiger charge is -2.35. The van der Waals surface area contributed by atoms with E-state index in [9.17, 15) is 27.6 Å². The molecule has 4 heterocycles. The lowest BCUT2D eigenvalue weighted by atomic mass is 10.1. The summed E-state index contributed by atoms with van der Waals surface area (Å²) in [6.07, 6.45) is -2.29. The monoisotopic (exact) mass is 680 g/mol. The lowest BCUT2D eigenvalue weighted by molar-refractivity contribution is -0.141. The van der Waals surface area contributed by atoms with Gasteiger partial charge in [0.25, 0.3) is 11.8 Å². The van der Waals surface area contributed by atoms with Gasteiger partial charge in [-0.15, -0.1) is 12.4 Å². The van der Waals surface area contributed by atoms with Gasteiger partial charge in [0.15, 0.2) is 11.5 Å². The van der Waals surface area contributed by atoms with E-state index in [0.29, 0.717) is 43.6 Å². The Morgan fingerprint density at radius 1 is 1.11 bits per heavy atom. The highest BCUT2D eigenvalue weighted by Gasteiger charge is 2.58. The van der Waals surface area contributed by atoms with Crippen LogP contribution in [0.5, 0.6) is 0 Å². The number of anilines is 1. The Kier molecular flexibility index (Phi) is 9.26. The van der Waals surface area contributed by atoms with Crippen molar-refractivity contribution < 1.29 is 27.6 Å². The number of piperazine rings is 1. The number of alkyl halides is 3. The zero-order valence-corrected chi connectivity index (χ0v) is 26.7. The lowest BCUT2D eigenvalue weighted by Crippen LogP contribution is -2.51. The summed E-state index contributed by atoms with van der Waals surface area (Å²) in [5.41, 5.74) is -0.114. The minimum Gasteiger partial charge on any atom is -0.339 e. The molecule has 46 heavy (non-hydrogen) atoms. The molecule has 1 unspecified atom stereocenters. The second-order valence-electron chi connectivity index (χ2n) is 11.8. The highest BCUT2D eigenvalue weighted by molar-refractivity contribution is 6.34. The summed E-state index contributed by atoms with van der Waals surface area (Å²) in [6, 6.07) is 4.45. The summed E-state index contributed by atoms with van der Waals surface area (Å²) in [7, 11) is 1.43. The first kappa shape index (κ1) is 33.5. The minimum absolute atomic E-state index is 0. The van der Waals surface area contributed by atoms with Gasteiger partial charge in [0.05, 0.1) is 34.6 Å². The Bertz CT molecular complexity index is 1690. The van der Waals surface area contributed by atoms with Crippen LogP contribution in [0.4, 0.5) is 18.9 Å². The van der Waals surface area contributed by atoms with E-state index in [1.807, 2.05) is 4.90 Å². The van der Waals surface area contributed by atoms with Crippen LogP contribution in [0.1, 0.15) is 33.6 Å². The molecule has 2 aromatic heterocycles. The Morgan fingerprint density at radius 2 is 1.76 bits per heavy atom. The van der Waals surface area contributed by atoms with Crippen molar-refractivity contribution in [1.82, 2.24) is 34.4 Å². The summed E-state index contributed by atoms with van der Waals surface area (Å²) in [5.74, 6) is 0.0565. The van der Waals surface area contributed by atoms with E-state index in [1.165, 1.54) is 42.2 Å². The number of halogens is 5. The fourth-order valence-electron chi connectivity index (χ4n) is 6.30. The highest BCUT2D eigenvalue weighted by Crippen LogP contribution is 2.49. The number of allylic oxidation sites excluding steroid dienone is 1. The Hall–Kier alpha value is -3.88. The zero-order valence-electron chi connectivity index (χ0n) is 25.1. The zero-order chi connectivity index (χ0) is 32.2. The van der Waals surface area contributed by atoms with E-state index in [2.05, 4.69) is 27.3 Å². The van der Waals surface area contributed by atoms with Gasteiger partial charge < -0.3 is 25.0 Å². The van der Waals surface area contributed by atoms with Crippen LogP contribution in [0.25, 0.3) is 11.3 Å². The molecule has 11 nitrogen and oxygen atoms in total. The molecule has 3 aliphatic rings. The van der Waals surface area contributed by atoms with Crippen molar-refractivity contribution in [2.45, 2.75) is 19.6 Å². The number of nitrogens with zero attached hydrogens (tertiary/aromatic N) is 6. The summed E-state index contributed by atoms with van der Waals surface area (Å²) >= 11 is 6.46. The van der Waals surface area contributed by atoms with Gasteiger partial charge in [0.2, 0.25) is 5.91 Å². The van der Waals surface area contributed by atoms with Crippen molar-refractivity contribution in [1.29, 1.82) is 0 Å². The first-order chi connectivity index (χ1) is 21.3. The molecule has 0 bridgehead atoms. The molecule has 3 aromatic rings. The summed E-state index contributed by atoms with van der Waals surface area (Å²) < 4.78 is 43.7. The van der Waals surface area contributed by atoms with Gasteiger partial charge in [-0.05, 0) is 50.0 Å². The van der Waals surface area contributed by atoms with Crippen LogP contribution in [-0.2, 0) is 24.6 Å². The van der Waals surface area contributed by atoms with E-state index in [1.54, 1.807) is 11.8 Å². The van der Waals surface area contributed by atoms with Crippen molar-refractivity contribution >= 4 is 47.4 Å². The predicted octanol–water partition coefficient (Wildman–Crippen LogP) is 3.96. The maximum Gasteiger partial charge on any atom is 0.435 e. The van der Waals surface area contributed by atoms with E-state index in [4.69, 9.17) is 11.6 Å². The quantitative estimate of drug-likeness (QED) is 0.365. The molecule has 6 rings (SSSR count). The third kappa shape index (κ3) is 6.38. The Morgan fingerprint density at radius 3 is 2.37 bits per heavy atom. The maximum absolute atomic E-state index is 13.8. The van der Waals surface area contributed by atoms with Crippen molar-refractivity contribution in [3.63, 3.8) is 0 Å². The standard InChI is InChI=1S/C30H32ClF3N8O3.ClH/c1-16(2)14-42-15-21(25(38-42)30(32,33)34)23-13-36-26(39(23)3)27(43)37-17-4-5-18(22(31)10-17)28(44)40-6-8-41(9-7-40)29(45)24-19-11-35-12-20(19)24;/h4-5,10,13,15,19-20,24,35H,1,6-9,11-12,14H2,2-3H3,(H,37,43);1H/t19-,20+,24?;. The molecular weight excluding hydrogens is 648 g/mol. The number of piperidine rings is 1. The molecule has 1 aromatic carbocycles. The molecule has 2 aliphatic heterocycles. The number of fused-ring (bicyclic) bond motifs is 1. The van der Waals surface area contributed by atoms with Gasteiger partial charge in [0.1, 0.15) is 0 Å². The number of rotatable bonds is 7. The van der Waals surface area contributed by atoms with E-state index < -0.39 is 17.8 Å². The second kappa shape index (κ2) is 12.7. The van der Waals surface area contributed by atoms with E-state index >= 15 is 0 Å². The summed E-state index contributed by atoms with van der Waals surface area (Å²) in [5, 5.41) is 9.74. The van der Waals surface area contributed by atoms with E-state index in [0.717, 1.165) is 17.8 Å². The minimum atomic E-state index is -4.73. The van der Waals surface area contributed by atoms with Gasteiger partial charge in [-0.2, -0.15) is 18.3 Å². The van der Waals surface area contributed by atoms with Gasteiger partial charge in [0, 0.05) is 51.0 Å². The largest absolute Gasteiger partial charge is 0.435 e. The van der Waals surface area contributed by atoms with Crippen LogP contribution in [0.15, 0.2) is 42.7 Å². The van der Waals surface area contributed by atoms with Crippen molar-refractivity contribution in [2.75, 3.05) is 44.6 Å². The average Bonchev–Trinajstić information content (AvgIpc) is 3.35. The summed E-state index contributed by atoms with van der Waals surface area (Å²) in [6.45, 7) is 8.99. The molecule has 16 heteroatoms. The van der Waals surface area contributed by atoms with Gasteiger partial charge in [-0.1, -0.05) is 23.8 Å². The number of aromatic nitrogens is 4. The number of nitrogens with one attached hydrogen (secondary N) is 2. The molecule has 2 saturated heterocycles. The predicted molar refractivity (Wildman–Crippen MR) is 167 cm³/mol. The number of benzene rings is 1. The molecule has 1 aliphatic carbocycles. The van der Waals surface area contributed by atoms with E-state index in [-0.39, 0.29) is 70.0 Å². The molecule has 3 atom stereocenters. The number of carbonyl (C=O) groups is 3.